The van der Waals surface area contributed by atoms with Crippen LogP contribution in [0, 0.1) is 23.7 Å². The van der Waals surface area contributed by atoms with Gasteiger partial charge >= 0.3 is 5.97 Å². The molecule has 0 aromatic carbocycles. The van der Waals surface area contributed by atoms with Gasteiger partial charge in [-0.3, -0.25) is 4.79 Å². The summed E-state index contributed by atoms with van der Waals surface area (Å²) in [4.78, 5) is 24.2. The van der Waals surface area contributed by atoms with Crippen molar-refractivity contribution in [3.05, 3.63) is 0 Å². The molecule has 5 nitrogen and oxygen atoms in total. The molecule has 1 amide bonds. The van der Waals surface area contributed by atoms with Crippen LogP contribution in [0.2, 0.25) is 0 Å². The first kappa shape index (κ1) is 15.3. The molecule has 0 aromatic heterocycles. The molecule has 5 atom stereocenters. The highest BCUT2D eigenvalue weighted by molar-refractivity contribution is 5.86. The molecule has 2 rings (SSSR count). The van der Waals surface area contributed by atoms with Gasteiger partial charge in [-0.15, -0.1) is 0 Å². The highest BCUT2D eigenvalue weighted by Gasteiger charge is 2.49. The Balaban J connectivity index is 1.99. The van der Waals surface area contributed by atoms with Gasteiger partial charge in [0.1, 0.15) is 6.04 Å². The topological polar surface area (TPSA) is 81.4 Å². The Morgan fingerprint density at radius 3 is 2.45 bits per heavy atom. The van der Waals surface area contributed by atoms with Crippen LogP contribution in [-0.4, -0.2) is 31.1 Å². The van der Waals surface area contributed by atoms with E-state index < -0.39 is 6.04 Å². The van der Waals surface area contributed by atoms with Gasteiger partial charge in [-0.2, -0.15) is 0 Å². The molecule has 20 heavy (non-hydrogen) atoms. The first-order valence-electron chi connectivity index (χ1n) is 7.57. The average molecular weight is 282 g/mol. The normalized spacial score (nSPS) is 33.2. The van der Waals surface area contributed by atoms with Crippen LogP contribution in [0.4, 0.5) is 0 Å². The van der Waals surface area contributed by atoms with Crippen molar-refractivity contribution in [3.8, 4) is 0 Å². The number of methoxy groups -OCH3 is 1. The number of ether oxygens (including phenoxy) is 1. The lowest BCUT2D eigenvalue weighted by atomic mass is 9.84. The number of hydrogen-bond donors (Lipinski definition) is 2. The number of fused-ring (bicyclic) bond motifs is 2. The van der Waals surface area contributed by atoms with E-state index >= 15 is 0 Å². The van der Waals surface area contributed by atoms with Crippen molar-refractivity contribution in [2.45, 2.75) is 51.6 Å². The molecule has 2 aliphatic carbocycles. The van der Waals surface area contributed by atoms with Gasteiger partial charge in [0.25, 0.3) is 0 Å². The van der Waals surface area contributed by atoms with E-state index in [9.17, 15) is 9.59 Å². The summed E-state index contributed by atoms with van der Waals surface area (Å²) in [6.45, 7) is 4.04. The molecule has 0 saturated heterocycles. The summed E-state index contributed by atoms with van der Waals surface area (Å²) in [6, 6.07) is -0.607. The Morgan fingerprint density at radius 1 is 1.30 bits per heavy atom. The first-order chi connectivity index (χ1) is 9.43. The summed E-state index contributed by atoms with van der Waals surface area (Å²) in [5.41, 5.74) is 6.17. The van der Waals surface area contributed by atoms with E-state index in [1.807, 2.05) is 13.8 Å². The molecule has 2 aliphatic rings. The number of rotatable bonds is 5. The van der Waals surface area contributed by atoms with Crippen LogP contribution >= 0.6 is 0 Å². The molecule has 2 fully saturated rings. The van der Waals surface area contributed by atoms with Gasteiger partial charge in [-0.25, -0.2) is 4.79 Å². The Kier molecular flexibility index (Phi) is 4.68. The molecule has 2 saturated carbocycles. The summed E-state index contributed by atoms with van der Waals surface area (Å²) in [5, 5.41) is 2.86. The lowest BCUT2D eigenvalue weighted by Crippen LogP contribution is -2.50. The van der Waals surface area contributed by atoms with Crippen LogP contribution in [0.25, 0.3) is 0 Å². The zero-order valence-corrected chi connectivity index (χ0v) is 12.6. The zero-order chi connectivity index (χ0) is 14.9. The van der Waals surface area contributed by atoms with Crippen LogP contribution in [0.5, 0.6) is 0 Å². The predicted octanol–water partition coefficient (Wildman–Crippen LogP) is 1.06. The fourth-order valence-electron chi connectivity index (χ4n) is 3.82. The Hall–Kier alpha value is -1.10. The van der Waals surface area contributed by atoms with Gasteiger partial charge in [0, 0.05) is 6.04 Å². The molecule has 0 aromatic rings. The van der Waals surface area contributed by atoms with Crippen LogP contribution in [0.15, 0.2) is 0 Å². The molecule has 4 unspecified atom stereocenters. The predicted molar refractivity (Wildman–Crippen MR) is 75.7 cm³/mol. The van der Waals surface area contributed by atoms with Gasteiger partial charge in [-0.1, -0.05) is 13.8 Å². The minimum absolute atomic E-state index is 0.0499. The Morgan fingerprint density at radius 2 is 1.95 bits per heavy atom. The maximum Gasteiger partial charge on any atom is 0.328 e. The highest BCUT2D eigenvalue weighted by atomic mass is 16.5. The number of nitrogens with two attached hydrogens (primary N) is 1. The van der Waals surface area contributed by atoms with Crippen molar-refractivity contribution in [2.75, 3.05) is 7.11 Å². The number of nitrogens with one attached hydrogen (secondary N) is 1. The number of hydrogen-bond acceptors (Lipinski definition) is 4. The van der Waals surface area contributed by atoms with Gasteiger partial charge in [0.15, 0.2) is 0 Å². The van der Waals surface area contributed by atoms with E-state index in [-0.39, 0.29) is 23.8 Å². The fraction of sp³-hybridized carbons (Fsp3) is 0.867. The Bertz CT molecular complexity index is 381. The third-order valence-electron chi connectivity index (χ3n) is 4.79. The zero-order valence-electron chi connectivity index (χ0n) is 12.6. The second kappa shape index (κ2) is 6.12. The standard InChI is InChI=1S/C15H26N2O3/c1-8(2)6-11(15(19)20-3)17-14(18)12-9-4-5-10(7-9)13(12)16/h8-13H,4-7,16H2,1-3H3,(H,17,18)/t9?,10?,11-,12?,13?/m0/s1. The molecule has 5 heteroatoms. The molecule has 0 heterocycles. The van der Waals surface area contributed by atoms with Crippen LogP contribution in [0.1, 0.15) is 39.5 Å². The van der Waals surface area contributed by atoms with Crippen molar-refractivity contribution >= 4 is 11.9 Å². The minimum Gasteiger partial charge on any atom is -0.467 e. The van der Waals surface area contributed by atoms with Crippen molar-refractivity contribution in [2.24, 2.45) is 29.4 Å². The maximum atomic E-state index is 12.5. The lowest BCUT2D eigenvalue weighted by molar-refractivity contribution is -0.146. The second-order valence-corrected chi connectivity index (χ2v) is 6.65. The summed E-state index contributed by atoms with van der Waals surface area (Å²) in [6.07, 6.45) is 3.88. The molecule has 0 radical (unpaired) electrons. The fourth-order valence-corrected chi connectivity index (χ4v) is 3.82. The van der Waals surface area contributed by atoms with Gasteiger partial charge < -0.3 is 15.8 Å². The molecule has 0 spiro atoms. The van der Waals surface area contributed by atoms with E-state index in [0.29, 0.717) is 24.2 Å². The van der Waals surface area contributed by atoms with Crippen LogP contribution in [0.3, 0.4) is 0 Å². The lowest BCUT2D eigenvalue weighted by Gasteiger charge is -2.29. The van der Waals surface area contributed by atoms with Crippen molar-refractivity contribution in [3.63, 3.8) is 0 Å². The smallest absolute Gasteiger partial charge is 0.328 e. The monoisotopic (exact) mass is 282 g/mol. The SMILES string of the molecule is COC(=O)[C@H](CC(C)C)NC(=O)C1C2CCC(C2)C1N. The van der Waals surface area contributed by atoms with E-state index in [1.165, 1.54) is 7.11 Å². The minimum atomic E-state index is -0.557. The molecule has 114 valence electrons. The second-order valence-electron chi connectivity index (χ2n) is 6.65. The van der Waals surface area contributed by atoms with Gasteiger partial charge in [-0.05, 0) is 43.4 Å². The molecular formula is C15H26N2O3. The molecule has 0 aliphatic heterocycles. The number of amides is 1. The largest absolute Gasteiger partial charge is 0.467 e. The van der Waals surface area contributed by atoms with E-state index in [0.717, 1.165) is 19.3 Å². The summed E-state index contributed by atoms with van der Waals surface area (Å²) in [7, 11) is 1.35. The summed E-state index contributed by atoms with van der Waals surface area (Å²) >= 11 is 0. The molecular weight excluding hydrogens is 256 g/mol. The highest BCUT2D eigenvalue weighted by Crippen LogP contribution is 2.47. The van der Waals surface area contributed by atoms with Gasteiger partial charge in [0.2, 0.25) is 5.91 Å². The van der Waals surface area contributed by atoms with Crippen LogP contribution < -0.4 is 11.1 Å². The average Bonchev–Trinajstić information content (AvgIpc) is 2.96. The van der Waals surface area contributed by atoms with Crippen LogP contribution in [-0.2, 0) is 14.3 Å². The molecule has 3 N–H and O–H groups in total. The number of esters is 1. The van der Waals surface area contributed by atoms with Gasteiger partial charge in [0.05, 0.1) is 13.0 Å². The van der Waals surface area contributed by atoms with Crippen molar-refractivity contribution < 1.29 is 14.3 Å². The van der Waals surface area contributed by atoms with E-state index in [1.54, 1.807) is 0 Å². The van der Waals surface area contributed by atoms with Crippen molar-refractivity contribution in [1.29, 1.82) is 0 Å². The van der Waals surface area contributed by atoms with E-state index in [4.69, 9.17) is 10.5 Å². The first-order valence-corrected chi connectivity index (χ1v) is 7.57. The third-order valence-corrected chi connectivity index (χ3v) is 4.79. The number of carbonyl (C=O) groups is 2. The Labute approximate surface area is 120 Å². The summed E-state index contributed by atoms with van der Waals surface area (Å²) < 4.78 is 4.78. The third kappa shape index (κ3) is 2.97. The van der Waals surface area contributed by atoms with E-state index in [2.05, 4.69) is 5.32 Å². The maximum absolute atomic E-state index is 12.5. The quantitative estimate of drug-likeness (QED) is 0.739. The molecule has 2 bridgehead atoms. The van der Waals surface area contributed by atoms with Crippen molar-refractivity contribution in [1.82, 2.24) is 5.32 Å². The summed E-state index contributed by atoms with van der Waals surface area (Å²) in [5.74, 6) is 0.621. The number of carbonyl (C=O) groups excluding carboxylic acids is 2.